The summed E-state index contributed by atoms with van der Waals surface area (Å²) in [6.07, 6.45) is 1.87. The lowest BCUT2D eigenvalue weighted by molar-refractivity contribution is -0.117. The van der Waals surface area contributed by atoms with Gasteiger partial charge >= 0.3 is 0 Å². The zero-order chi connectivity index (χ0) is 22.4. The minimum Gasteiger partial charge on any atom is -0.495 e. The molecule has 0 radical (unpaired) electrons. The molecule has 0 bridgehead atoms. The number of nitrogens with zero attached hydrogens (tertiary/aromatic N) is 3. The van der Waals surface area contributed by atoms with E-state index in [0.717, 1.165) is 46.3 Å². The first-order valence-electron chi connectivity index (χ1n) is 10.5. The van der Waals surface area contributed by atoms with Crippen molar-refractivity contribution in [2.75, 3.05) is 17.7 Å². The molecule has 8 nitrogen and oxygen atoms in total. The van der Waals surface area contributed by atoms with Gasteiger partial charge in [0.05, 0.1) is 24.2 Å². The molecule has 0 unspecified atom stereocenters. The number of rotatable bonds is 6. The number of aryl methyl sites for hydroxylation is 3. The van der Waals surface area contributed by atoms with E-state index in [-0.39, 0.29) is 11.8 Å². The molecule has 1 aliphatic rings. The van der Waals surface area contributed by atoms with Crippen molar-refractivity contribution in [1.82, 2.24) is 19.9 Å². The number of carbonyl (C=O) groups excluding carboxylic acids is 1. The van der Waals surface area contributed by atoms with Gasteiger partial charge in [-0.1, -0.05) is 0 Å². The number of aromatic amines is 1. The zero-order valence-corrected chi connectivity index (χ0v) is 19.2. The molecule has 4 aromatic rings. The second kappa shape index (κ2) is 7.90. The standard InChI is InChI=1S/C23H24N6O2S/c1-11-12(2)32-23(24-11)15-7-8-16(18(9-15)31-4)27-17-10-19(29-22(30)14-5-6-14)28-21-20(17)25-13(3)26-21/h7-10,14H,5-6H2,1-4H3,(H3,25,26,27,28,29,30). The fourth-order valence-corrected chi connectivity index (χ4v) is 4.42. The molecule has 1 saturated carbocycles. The van der Waals surface area contributed by atoms with E-state index < -0.39 is 0 Å². The van der Waals surface area contributed by atoms with Gasteiger partial charge in [-0.2, -0.15) is 0 Å². The normalized spacial score (nSPS) is 13.4. The van der Waals surface area contributed by atoms with Crippen LogP contribution in [-0.4, -0.2) is 33.0 Å². The van der Waals surface area contributed by atoms with Crippen LogP contribution in [0.25, 0.3) is 21.7 Å². The van der Waals surface area contributed by atoms with E-state index in [1.54, 1.807) is 18.4 Å². The van der Waals surface area contributed by atoms with Crippen molar-refractivity contribution in [3.05, 3.63) is 40.7 Å². The third-order valence-electron chi connectivity index (χ3n) is 5.52. The molecular formula is C23H24N6O2S. The zero-order valence-electron chi connectivity index (χ0n) is 18.4. The van der Waals surface area contributed by atoms with Crippen LogP contribution in [0, 0.1) is 26.7 Å². The number of amides is 1. The van der Waals surface area contributed by atoms with Gasteiger partial charge in [-0.05, 0) is 51.8 Å². The van der Waals surface area contributed by atoms with Gasteiger partial charge in [0.1, 0.15) is 27.9 Å². The van der Waals surface area contributed by atoms with E-state index in [0.29, 0.717) is 22.7 Å². The number of anilines is 3. The van der Waals surface area contributed by atoms with Gasteiger partial charge in [0.15, 0.2) is 5.65 Å². The number of carbonyl (C=O) groups is 1. The molecule has 1 amide bonds. The Morgan fingerprint density at radius 2 is 1.94 bits per heavy atom. The number of fused-ring (bicyclic) bond motifs is 1. The van der Waals surface area contributed by atoms with Gasteiger partial charge < -0.3 is 20.4 Å². The van der Waals surface area contributed by atoms with Gasteiger partial charge in [-0.3, -0.25) is 4.79 Å². The fraction of sp³-hybridized carbons (Fsp3) is 0.304. The van der Waals surface area contributed by atoms with Crippen LogP contribution in [-0.2, 0) is 4.79 Å². The number of hydrogen-bond acceptors (Lipinski definition) is 7. The number of imidazole rings is 1. The van der Waals surface area contributed by atoms with Crippen LogP contribution in [0.5, 0.6) is 5.75 Å². The van der Waals surface area contributed by atoms with Crippen molar-refractivity contribution in [3.63, 3.8) is 0 Å². The summed E-state index contributed by atoms with van der Waals surface area (Å²) >= 11 is 1.67. The van der Waals surface area contributed by atoms with Crippen LogP contribution in [0.4, 0.5) is 17.2 Å². The molecule has 5 rings (SSSR count). The minimum absolute atomic E-state index is 0.00926. The van der Waals surface area contributed by atoms with Crippen LogP contribution in [0.15, 0.2) is 24.3 Å². The lowest BCUT2D eigenvalue weighted by Gasteiger charge is -2.14. The number of methoxy groups -OCH3 is 1. The first-order valence-corrected chi connectivity index (χ1v) is 11.3. The van der Waals surface area contributed by atoms with Crippen LogP contribution in [0.2, 0.25) is 0 Å². The van der Waals surface area contributed by atoms with Crippen LogP contribution < -0.4 is 15.4 Å². The number of benzene rings is 1. The van der Waals surface area contributed by atoms with E-state index in [4.69, 9.17) is 4.74 Å². The van der Waals surface area contributed by atoms with E-state index >= 15 is 0 Å². The highest BCUT2D eigenvalue weighted by Gasteiger charge is 2.30. The number of thiazole rings is 1. The predicted octanol–water partition coefficient (Wildman–Crippen LogP) is 5.11. The van der Waals surface area contributed by atoms with Crippen molar-refractivity contribution in [2.45, 2.75) is 33.6 Å². The lowest BCUT2D eigenvalue weighted by atomic mass is 10.2. The summed E-state index contributed by atoms with van der Waals surface area (Å²) in [7, 11) is 1.64. The molecule has 0 atom stereocenters. The van der Waals surface area contributed by atoms with Crippen molar-refractivity contribution >= 4 is 45.6 Å². The van der Waals surface area contributed by atoms with E-state index in [1.807, 2.05) is 38.1 Å². The average molecular weight is 449 g/mol. The van der Waals surface area contributed by atoms with Crippen molar-refractivity contribution in [3.8, 4) is 16.3 Å². The number of hydrogen-bond donors (Lipinski definition) is 3. The largest absolute Gasteiger partial charge is 0.495 e. The second-order valence-electron chi connectivity index (χ2n) is 8.04. The molecule has 0 spiro atoms. The van der Waals surface area contributed by atoms with E-state index in [2.05, 4.69) is 37.5 Å². The Bertz CT molecular complexity index is 1320. The van der Waals surface area contributed by atoms with Crippen LogP contribution >= 0.6 is 11.3 Å². The van der Waals surface area contributed by atoms with Gasteiger partial charge in [0.25, 0.3) is 0 Å². The Morgan fingerprint density at radius 1 is 1.12 bits per heavy atom. The maximum absolute atomic E-state index is 12.3. The van der Waals surface area contributed by atoms with Gasteiger partial charge in [-0.15, -0.1) is 11.3 Å². The average Bonchev–Trinajstić information content (AvgIpc) is 3.47. The fourth-order valence-electron chi connectivity index (χ4n) is 3.51. The maximum atomic E-state index is 12.3. The molecule has 3 aromatic heterocycles. The first kappa shape index (κ1) is 20.4. The molecule has 1 aliphatic carbocycles. The molecular weight excluding hydrogens is 424 g/mol. The second-order valence-corrected chi connectivity index (χ2v) is 9.24. The van der Waals surface area contributed by atoms with Crippen molar-refractivity contribution in [2.24, 2.45) is 5.92 Å². The third kappa shape index (κ3) is 3.91. The smallest absolute Gasteiger partial charge is 0.228 e. The predicted molar refractivity (Wildman–Crippen MR) is 127 cm³/mol. The maximum Gasteiger partial charge on any atom is 0.228 e. The van der Waals surface area contributed by atoms with Crippen molar-refractivity contribution < 1.29 is 9.53 Å². The SMILES string of the molecule is COc1cc(-c2nc(C)c(C)s2)ccc1Nc1cc(NC(=O)C2CC2)nc2[nH]c(C)nc12. The number of H-pyrrole nitrogens is 1. The van der Waals surface area contributed by atoms with E-state index in [1.165, 1.54) is 4.88 Å². The Hall–Kier alpha value is -3.46. The molecule has 1 aromatic carbocycles. The molecule has 0 aliphatic heterocycles. The summed E-state index contributed by atoms with van der Waals surface area (Å²) in [5.74, 6) is 2.03. The van der Waals surface area contributed by atoms with E-state index in [9.17, 15) is 4.79 Å². The monoisotopic (exact) mass is 448 g/mol. The number of aromatic nitrogens is 4. The quantitative estimate of drug-likeness (QED) is 0.379. The third-order valence-corrected chi connectivity index (χ3v) is 6.64. The summed E-state index contributed by atoms with van der Waals surface area (Å²) in [6.45, 7) is 5.97. The molecule has 0 saturated heterocycles. The number of nitrogens with one attached hydrogen (secondary N) is 3. The summed E-state index contributed by atoms with van der Waals surface area (Å²) < 4.78 is 5.67. The van der Waals surface area contributed by atoms with Crippen LogP contribution in [0.3, 0.4) is 0 Å². The molecule has 164 valence electrons. The lowest BCUT2D eigenvalue weighted by Crippen LogP contribution is -2.14. The van der Waals surface area contributed by atoms with Gasteiger partial charge in [0.2, 0.25) is 5.91 Å². The Labute approximate surface area is 189 Å². The van der Waals surface area contributed by atoms with Gasteiger partial charge in [0, 0.05) is 22.4 Å². The van der Waals surface area contributed by atoms with Crippen LogP contribution in [0.1, 0.15) is 29.2 Å². The summed E-state index contributed by atoms with van der Waals surface area (Å²) in [5, 5.41) is 7.30. The van der Waals surface area contributed by atoms with Gasteiger partial charge in [-0.25, -0.2) is 15.0 Å². The van der Waals surface area contributed by atoms with Crippen molar-refractivity contribution in [1.29, 1.82) is 0 Å². The minimum atomic E-state index is 0.00926. The topological polar surface area (TPSA) is 105 Å². The summed E-state index contributed by atoms with van der Waals surface area (Å²) in [4.78, 5) is 30.4. The molecule has 3 N–H and O–H groups in total. The Morgan fingerprint density at radius 3 is 2.62 bits per heavy atom. The molecule has 9 heteroatoms. The molecule has 32 heavy (non-hydrogen) atoms. The number of pyridine rings is 1. The first-order chi connectivity index (χ1) is 15.4. The summed E-state index contributed by atoms with van der Waals surface area (Å²) in [6, 6.07) is 7.77. The molecule has 1 fully saturated rings. The molecule has 3 heterocycles. The Balaban J connectivity index is 1.50. The highest BCUT2D eigenvalue weighted by Crippen LogP contribution is 2.37. The highest BCUT2D eigenvalue weighted by atomic mass is 32.1. The Kier molecular flexibility index (Phi) is 5.05. The summed E-state index contributed by atoms with van der Waals surface area (Å²) in [5.41, 5.74) is 4.87. The number of ether oxygens (including phenoxy) is 1. The highest BCUT2D eigenvalue weighted by molar-refractivity contribution is 7.15.